The van der Waals surface area contributed by atoms with Crippen molar-refractivity contribution in [1.29, 1.82) is 5.26 Å². The van der Waals surface area contributed by atoms with Crippen molar-refractivity contribution >= 4 is 10.8 Å². The van der Waals surface area contributed by atoms with Crippen LogP contribution in [-0.4, -0.2) is 15.0 Å². The minimum Gasteiger partial charge on any atom is -0.208 e. The monoisotopic (exact) mass is 686 g/mol. The van der Waals surface area contributed by atoms with Gasteiger partial charge in [0.25, 0.3) is 0 Å². The lowest BCUT2D eigenvalue weighted by Gasteiger charge is -2.16. The maximum absolute atomic E-state index is 9.51. The van der Waals surface area contributed by atoms with Gasteiger partial charge in [-0.15, -0.1) is 0 Å². The van der Waals surface area contributed by atoms with E-state index in [0.717, 1.165) is 44.5 Å². The number of hydrogen-bond donors (Lipinski definition) is 0. The molecular formula is C50H30N4. The summed E-state index contributed by atoms with van der Waals surface area (Å²) in [5.74, 6) is 1.90. The summed E-state index contributed by atoms with van der Waals surface area (Å²) in [5.41, 5.74) is 15.2. The van der Waals surface area contributed by atoms with Crippen molar-refractivity contribution in [2.75, 3.05) is 0 Å². The zero-order valence-electron chi connectivity index (χ0n) is 29.1. The van der Waals surface area contributed by atoms with Crippen LogP contribution in [0.5, 0.6) is 0 Å². The second kappa shape index (κ2) is 12.9. The molecule has 0 saturated heterocycles. The van der Waals surface area contributed by atoms with Crippen LogP contribution >= 0.6 is 0 Å². The molecule has 0 bridgehead atoms. The van der Waals surface area contributed by atoms with Crippen LogP contribution in [0.3, 0.4) is 0 Å². The normalized spacial score (nSPS) is 11.3. The van der Waals surface area contributed by atoms with Crippen LogP contribution in [0.1, 0.15) is 5.56 Å². The van der Waals surface area contributed by atoms with Gasteiger partial charge in [0.05, 0.1) is 11.6 Å². The quantitative estimate of drug-likeness (QED) is 0.175. The third kappa shape index (κ3) is 5.35. The van der Waals surface area contributed by atoms with E-state index in [0.29, 0.717) is 23.0 Å². The van der Waals surface area contributed by atoms with Gasteiger partial charge in [-0.3, -0.25) is 0 Å². The molecule has 9 aromatic rings. The molecule has 1 heterocycles. The van der Waals surface area contributed by atoms with Crippen molar-refractivity contribution < 1.29 is 0 Å². The standard InChI is InChI=1S/C50H30N4/c51-31-32-21-23-33(24-22-32)40-25-27-44-42-19-7-8-20-43(42)45-28-26-41(46(40)47(44)45)38-17-9-15-36(29-38)37-16-10-18-39(30-37)50-53-48(34-11-3-1-4-12-34)52-49(54-50)35-13-5-2-6-14-35/h1-30H. The average molecular weight is 687 g/mol. The summed E-state index contributed by atoms with van der Waals surface area (Å²) in [6.07, 6.45) is 0. The molecule has 0 amide bonds. The molecule has 1 aromatic heterocycles. The number of rotatable bonds is 6. The van der Waals surface area contributed by atoms with Crippen LogP contribution in [-0.2, 0) is 0 Å². The fourth-order valence-electron chi connectivity index (χ4n) is 7.74. The van der Waals surface area contributed by atoms with Gasteiger partial charge in [0.15, 0.2) is 17.5 Å². The van der Waals surface area contributed by atoms with Gasteiger partial charge in [0.2, 0.25) is 0 Å². The number of nitriles is 1. The third-order valence-electron chi connectivity index (χ3n) is 10.3. The van der Waals surface area contributed by atoms with Gasteiger partial charge in [0.1, 0.15) is 0 Å². The van der Waals surface area contributed by atoms with Crippen molar-refractivity contribution in [2.24, 2.45) is 0 Å². The van der Waals surface area contributed by atoms with Gasteiger partial charge in [-0.1, -0.05) is 158 Å². The molecule has 10 rings (SSSR count). The van der Waals surface area contributed by atoms with Gasteiger partial charge in [-0.25, -0.2) is 15.0 Å². The second-order valence-corrected chi connectivity index (χ2v) is 13.5. The third-order valence-corrected chi connectivity index (χ3v) is 10.3. The highest BCUT2D eigenvalue weighted by Crippen LogP contribution is 2.52. The Bertz CT molecular complexity index is 2840. The molecule has 4 heteroatoms. The van der Waals surface area contributed by atoms with E-state index in [1.165, 1.54) is 38.6 Å². The van der Waals surface area contributed by atoms with Crippen LogP contribution in [0, 0.1) is 11.3 Å². The molecule has 1 aliphatic rings. The number of hydrogen-bond acceptors (Lipinski definition) is 4. The SMILES string of the molecule is N#Cc1ccc(-c2ccc3c4c(ccc(-c5cccc(-c6cccc(-c7nc(-c8ccccc8)nc(-c8ccccc8)n7)c6)c5)c24)-c2ccccc2-3)cc1. The minimum atomic E-state index is 0.625. The van der Waals surface area contributed by atoms with E-state index in [1.807, 2.05) is 72.8 Å². The lowest BCUT2D eigenvalue weighted by Crippen LogP contribution is -2.00. The molecule has 0 fully saturated rings. The zero-order valence-corrected chi connectivity index (χ0v) is 29.1. The van der Waals surface area contributed by atoms with Crippen molar-refractivity contribution in [3.05, 3.63) is 188 Å². The van der Waals surface area contributed by atoms with E-state index in [-0.39, 0.29) is 0 Å². The molecule has 4 nitrogen and oxygen atoms in total. The molecule has 0 saturated carbocycles. The van der Waals surface area contributed by atoms with Crippen LogP contribution < -0.4 is 0 Å². The molecule has 1 aliphatic carbocycles. The lowest BCUT2D eigenvalue weighted by atomic mass is 9.87. The molecule has 54 heavy (non-hydrogen) atoms. The molecule has 0 N–H and O–H groups in total. The Kier molecular flexibility index (Phi) is 7.49. The maximum Gasteiger partial charge on any atom is 0.164 e. The number of aromatic nitrogens is 3. The molecule has 8 aromatic carbocycles. The van der Waals surface area contributed by atoms with Gasteiger partial charge in [-0.05, 0) is 90.7 Å². The van der Waals surface area contributed by atoms with E-state index in [4.69, 9.17) is 15.0 Å². The highest BCUT2D eigenvalue weighted by atomic mass is 15.0. The Morgan fingerprint density at radius 1 is 0.296 bits per heavy atom. The highest BCUT2D eigenvalue weighted by molar-refractivity contribution is 6.22. The Labute approximate surface area is 313 Å². The van der Waals surface area contributed by atoms with Crippen LogP contribution in [0.25, 0.3) is 101 Å². The number of nitrogens with zero attached hydrogens (tertiary/aromatic N) is 4. The van der Waals surface area contributed by atoms with E-state index in [2.05, 4.69) is 115 Å². The number of fused-ring (bicyclic) bond motifs is 3. The molecule has 0 aliphatic heterocycles. The average Bonchev–Trinajstić information content (AvgIpc) is 3.59. The van der Waals surface area contributed by atoms with Gasteiger partial charge in [0, 0.05) is 16.7 Å². The van der Waals surface area contributed by atoms with E-state index < -0.39 is 0 Å². The topological polar surface area (TPSA) is 62.5 Å². The summed E-state index contributed by atoms with van der Waals surface area (Å²) in [6, 6.07) is 65.3. The van der Waals surface area contributed by atoms with E-state index in [9.17, 15) is 5.26 Å². The molecule has 0 unspecified atom stereocenters. The van der Waals surface area contributed by atoms with Crippen LogP contribution in [0.2, 0.25) is 0 Å². The Hall–Kier alpha value is -7.48. The van der Waals surface area contributed by atoms with E-state index in [1.54, 1.807) is 0 Å². The summed E-state index contributed by atoms with van der Waals surface area (Å²) in [6.45, 7) is 0. The Balaban J connectivity index is 1.11. The fourth-order valence-corrected chi connectivity index (χ4v) is 7.74. The predicted molar refractivity (Wildman–Crippen MR) is 219 cm³/mol. The first-order valence-corrected chi connectivity index (χ1v) is 18.0. The summed E-state index contributed by atoms with van der Waals surface area (Å²) >= 11 is 0. The number of benzene rings is 8. The Morgan fingerprint density at radius 2 is 0.704 bits per heavy atom. The smallest absolute Gasteiger partial charge is 0.164 e. The summed E-state index contributed by atoms with van der Waals surface area (Å²) < 4.78 is 0. The summed E-state index contributed by atoms with van der Waals surface area (Å²) in [4.78, 5) is 14.8. The maximum atomic E-state index is 9.51. The van der Waals surface area contributed by atoms with Crippen molar-refractivity contribution in [3.8, 4) is 95.9 Å². The van der Waals surface area contributed by atoms with Gasteiger partial charge in [-0.2, -0.15) is 5.26 Å². The Morgan fingerprint density at radius 3 is 1.26 bits per heavy atom. The molecule has 250 valence electrons. The van der Waals surface area contributed by atoms with Crippen molar-refractivity contribution in [1.82, 2.24) is 15.0 Å². The molecular weight excluding hydrogens is 657 g/mol. The zero-order chi connectivity index (χ0) is 36.0. The van der Waals surface area contributed by atoms with Gasteiger partial charge >= 0.3 is 0 Å². The summed E-state index contributed by atoms with van der Waals surface area (Å²) in [5, 5.41) is 12.0. The summed E-state index contributed by atoms with van der Waals surface area (Å²) in [7, 11) is 0. The van der Waals surface area contributed by atoms with Crippen molar-refractivity contribution in [3.63, 3.8) is 0 Å². The first-order chi connectivity index (χ1) is 26.7. The van der Waals surface area contributed by atoms with Gasteiger partial charge < -0.3 is 0 Å². The first kappa shape index (κ1) is 31.3. The minimum absolute atomic E-state index is 0.625. The van der Waals surface area contributed by atoms with Crippen molar-refractivity contribution in [2.45, 2.75) is 0 Å². The lowest BCUT2D eigenvalue weighted by molar-refractivity contribution is 1.07. The fraction of sp³-hybridized carbons (Fsp3) is 0. The van der Waals surface area contributed by atoms with Crippen LogP contribution in [0.15, 0.2) is 182 Å². The molecule has 0 atom stereocenters. The van der Waals surface area contributed by atoms with E-state index >= 15 is 0 Å². The largest absolute Gasteiger partial charge is 0.208 e. The first-order valence-electron chi connectivity index (χ1n) is 18.0. The highest BCUT2D eigenvalue weighted by Gasteiger charge is 2.25. The second-order valence-electron chi connectivity index (χ2n) is 13.5. The predicted octanol–water partition coefficient (Wildman–Crippen LogP) is 12.5. The molecule has 0 radical (unpaired) electrons. The molecule has 0 spiro atoms. The van der Waals surface area contributed by atoms with Crippen LogP contribution in [0.4, 0.5) is 0 Å².